The van der Waals surface area contributed by atoms with Crippen molar-refractivity contribution in [2.24, 2.45) is 0 Å². The summed E-state index contributed by atoms with van der Waals surface area (Å²) in [5.74, 6) is -0.304. The minimum Gasteiger partial charge on any atom is -0.459 e. The first-order chi connectivity index (χ1) is 12.1. The van der Waals surface area contributed by atoms with E-state index in [-0.39, 0.29) is 18.7 Å². The fraction of sp³-hybridized carbons (Fsp3) is 0.381. The highest BCUT2D eigenvalue weighted by molar-refractivity contribution is 6.73. The Balaban J connectivity index is 2.14. The van der Waals surface area contributed by atoms with Crippen molar-refractivity contribution in [3.63, 3.8) is 0 Å². The minimum atomic E-state index is -1.81. The van der Waals surface area contributed by atoms with Crippen LogP contribution in [0.4, 0.5) is 0 Å². The van der Waals surface area contributed by atoms with Gasteiger partial charge in [0.25, 0.3) is 0 Å². The molecule has 2 aromatic carbocycles. The molecule has 2 aromatic rings. The van der Waals surface area contributed by atoms with Crippen LogP contribution in [0.5, 0.6) is 0 Å². The van der Waals surface area contributed by atoms with Gasteiger partial charge in [0.2, 0.25) is 0 Å². The SMILES string of the molecule is CC[Si](CC)(CC)OC(COC(=O)c1ccccc1)c1ccccc1. The Hall–Kier alpha value is -1.91. The zero-order valence-electron chi connectivity index (χ0n) is 15.4. The van der Waals surface area contributed by atoms with Gasteiger partial charge in [-0.3, -0.25) is 0 Å². The lowest BCUT2D eigenvalue weighted by atomic mass is 10.1. The summed E-state index contributed by atoms with van der Waals surface area (Å²) in [7, 11) is -1.81. The van der Waals surface area contributed by atoms with Crippen molar-refractivity contribution in [3.05, 3.63) is 71.8 Å². The van der Waals surface area contributed by atoms with Gasteiger partial charge in [-0.15, -0.1) is 0 Å². The van der Waals surface area contributed by atoms with Crippen molar-refractivity contribution >= 4 is 14.3 Å². The summed E-state index contributed by atoms with van der Waals surface area (Å²) >= 11 is 0. The van der Waals surface area contributed by atoms with E-state index >= 15 is 0 Å². The van der Waals surface area contributed by atoms with E-state index < -0.39 is 8.32 Å². The van der Waals surface area contributed by atoms with Crippen LogP contribution in [-0.2, 0) is 9.16 Å². The summed E-state index contributed by atoms with van der Waals surface area (Å²) < 4.78 is 12.2. The van der Waals surface area contributed by atoms with Crippen LogP contribution in [0.1, 0.15) is 42.8 Å². The maximum Gasteiger partial charge on any atom is 0.338 e. The molecule has 0 heterocycles. The van der Waals surface area contributed by atoms with E-state index in [1.807, 2.05) is 48.5 Å². The Morgan fingerprint density at radius 2 is 1.40 bits per heavy atom. The van der Waals surface area contributed by atoms with E-state index in [4.69, 9.17) is 9.16 Å². The molecular weight excluding hydrogens is 328 g/mol. The third-order valence-corrected chi connectivity index (χ3v) is 9.52. The van der Waals surface area contributed by atoms with Crippen molar-refractivity contribution in [1.29, 1.82) is 0 Å². The number of hydrogen-bond acceptors (Lipinski definition) is 3. The largest absolute Gasteiger partial charge is 0.459 e. The number of esters is 1. The van der Waals surface area contributed by atoms with Gasteiger partial charge in [0, 0.05) is 0 Å². The van der Waals surface area contributed by atoms with Gasteiger partial charge in [-0.2, -0.15) is 0 Å². The average Bonchev–Trinajstić information content (AvgIpc) is 2.70. The first kappa shape index (κ1) is 19.4. The Kier molecular flexibility index (Phi) is 7.41. The monoisotopic (exact) mass is 356 g/mol. The molecular formula is C21H28O3Si. The normalized spacial score (nSPS) is 12.6. The molecule has 0 bridgehead atoms. The fourth-order valence-electron chi connectivity index (χ4n) is 2.98. The smallest absolute Gasteiger partial charge is 0.338 e. The zero-order chi connectivity index (χ0) is 18.1. The molecule has 0 N–H and O–H groups in total. The lowest BCUT2D eigenvalue weighted by molar-refractivity contribution is 0.0286. The summed E-state index contributed by atoms with van der Waals surface area (Å²) in [6.45, 7) is 6.86. The number of ether oxygens (including phenoxy) is 1. The first-order valence-electron chi connectivity index (χ1n) is 9.09. The van der Waals surface area contributed by atoms with Crippen molar-refractivity contribution in [3.8, 4) is 0 Å². The van der Waals surface area contributed by atoms with Gasteiger partial charge in [0.05, 0.1) is 5.56 Å². The number of rotatable bonds is 9. The van der Waals surface area contributed by atoms with Gasteiger partial charge in [-0.05, 0) is 35.8 Å². The Morgan fingerprint density at radius 1 is 0.880 bits per heavy atom. The highest BCUT2D eigenvalue weighted by Crippen LogP contribution is 2.30. The van der Waals surface area contributed by atoms with Crippen LogP contribution >= 0.6 is 0 Å². The van der Waals surface area contributed by atoms with E-state index in [0.29, 0.717) is 5.56 Å². The van der Waals surface area contributed by atoms with Crippen LogP contribution in [-0.4, -0.2) is 20.9 Å². The molecule has 0 aromatic heterocycles. The second-order valence-electron chi connectivity index (χ2n) is 6.23. The van der Waals surface area contributed by atoms with Crippen LogP contribution in [0.2, 0.25) is 18.1 Å². The van der Waals surface area contributed by atoms with Crippen molar-refractivity contribution in [1.82, 2.24) is 0 Å². The zero-order valence-corrected chi connectivity index (χ0v) is 16.4. The molecule has 3 nitrogen and oxygen atoms in total. The number of carbonyl (C=O) groups is 1. The average molecular weight is 357 g/mol. The molecule has 0 aliphatic carbocycles. The van der Waals surface area contributed by atoms with Gasteiger partial charge < -0.3 is 9.16 Å². The molecule has 0 spiro atoms. The van der Waals surface area contributed by atoms with Crippen LogP contribution in [0.15, 0.2) is 60.7 Å². The van der Waals surface area contributed by atoms with Crippen LogP contribution in [0.25, 0.3) is 0 Å². The Labute approximate surface area is 152 Å². The minimum absolute atomic E-state index is 0.208. The predicted molar refractivity (Wildman–Crippen MR) is 104 cm³/mol. The van der Waals surface area contributed by atoms with E-state index in [1.54, 1.807) is 12.1 Å². The van der Waals surface area contributed by atoms with E-state index in [9.17, 15) is 4.79 Å². The third kappa shape index (κ3) is 5.28. The van der Waals surface area contributed by atoms with Gasteiger partial charge in [0.15, 0.2) is 8.32 Å². The molecule has 2 rings (SSSR count). The highest BCUT2D eigenvalue weighted by atomic mass is 28.4. The predicted octanol–water partition coefficient (Wildman–Crippen LogP) is 5.61. The van der Waals surface area contributed by atoms with Crippen molar-refractivity contribution < 1.29 is 14.0 Å². The number of hydrogen-bond donors (Lipinski definition) is 0. The standard InChI is InChI=1S/C21H28O3Si/c1-4-25(5-2,6-3)24-20(18-13-9-7-10-14-18)17-23-21(22)19-15-11-8-12-16-19/h7-16,20H,4-6,17H2,1-3H3. The first-order valence-corrected chi connectivity index (χ1v) is 11.6. The highest BCUT2D eigenvalue weighted by Gasteiger charge is 2.33. The molecule has 1 atom stereocenters. The maximum atomic E-state index is 12.3. The van der Waals surface area contributed by atoms with Crippen molar-refractivity contribution in [2.75, 3.05) is 6.61 Å². The van der Waals surface area contributed by atoms with Crippen molar-refractivity contribution in [2.45, 2.75) is 45.0 Å². The summed E-state index contributed by atoms with van der Waals surface area (Å²) in [4.78, 5) is 12.3. The van der Waals surface area contributed by atoms with Gasteiger partial charge in [-0.25, -0.2) is 4.79 Å². The third-order valence-electron chi connectivity index (χ3n) is 4.87. The molecule has 0 amide bonds. The lowest BCUT2D eigenvalue weighted by Crippen LogP contribution is -2.38. The lowest BCUT2D eigenvalue weighted by Gasteiger charge is -2.33. The second kappa shape index (κ2) is 9.54. The summed E-state index contributed by atoms with van der Waals surface area (Å²) in [6, 6.07) is 22.4. The molecule has 0 fully saturated rings. The summed E-state index contributed by atoms with van der Waals surface area (Å²) in [5, 5.41) is 0. The van der Waals surface area contributed by atoms with Gasteiger partial charge >= 0.3 is 5.97 Å². The van der Waals surface area contributed by atoms with Crippen LogP contribution in [0, 0.1) is 0 Å². The number of benzene rings is 2. The maximum absolute atomic E-state index is 12.3. The van der Waals surface area contributed by atoms with Gasteiger partial charge in [-0.1, -0.05) is 69.3 Å². The van der Waals surface area contributed by atoms with Crippen LogP contribution < -0.4 is 0 Å². The number of carbonyl (C=O) groups excluding carboxylic acids is 1. The molecule has 0 aliphatic heterocycles. The van der Waals surface area contributed by atoms with Gasteiger partial charge in [0.1, 0.15) is 12.7 Å². The Bertz CT molecular complexity index is 630. The van der Waals surface area contributed by atoms with E-state index in [1.165, 1.54) is 0 Å². The fourth-order valence-corrected chi connectivity index (χ4v) is 5.78. The molecule has 0 saturated heterocycles. The quantitative estimate of drug-likeness (QED) is 0.433. The summed E-state index contributed by atoms with van der Waals surface area (Å²) in [5.41, 5.74) is 1.63. The molecule has 0 radical (unpaired) electrons. The Morgan fingerprint density at radius 3 is 1.92 bits per heavy atom. The molecule has 25 heavy (non-hydrogen) atoms. The van der Waals surface area contributed by atoms with E-state index in [2.05, 4.69) is 20.8 Å². The molecule has 4 heteroatoms. The molecule has 0 aliphatic rings. The molecule has 1 unspecified atom stereocenters. The van der Waals surface area contributed by atoms with Crippen LogP contribution in [0.3, 0.4) is 0 Å². The van der Waals surface area contributed by atoms with E-state index in [0.717, 1.165) is 23.7 Å². The second-order valence-corrected chi connectivity index (χ2v) is 10.9. The molecule has 134 valence electrons. The molecule has 0 saturated carbocycles. The topological polar surface area (TPSA) is 35.5 Å². The summed E-state index contributed by atoms with van der Waals surface area (Å²) in [6.07, 6.45) is -0.208.